The van der Waals surface area contributed by atoms with Gasteiger partial charge in [-0.25, -0.2) is 0 Å². The molecular weight excluding hydrogens is 557 g/mol. The van der Waals surface area contributed by atoms with Gasteiger partial charge in [-0.05, 0) is 90.8 Å². The van der Waals surface area contributed by atoms with E-state index in [2.05, 4.69) is 101 Å². The van der Waals surface area contributed by atoms with Crippen LogP contribution >= 0.6 is 34.0 Å². The topological polar surface area (TPSA) is 13.1 Å². The summed E-state index contributed by atoms with van der Waals surface area (Å²) in [5.74, 6) is 0. The first-order chi connectivity index (χ1) is 19.9. The molecule has 1 nitrogen and oxygen atoms in total. The van der Waals surface area contributed by atoms with Crippen molar-refractivity contribution in [2.45, 2.75) is 34.1 Å². The number of hydrogen-bond acceptors (Lipinski definition) is 4. The predicted molar refractivity (Wildman–Crippen MR) is 184 cm³/mol. The first-order valence-electron chi connectivity index (χ1n) is 13.9. The molecule has 8 aromatic rings. The maximum atomic E-state index is 6.89. The minimum Gasteiger partial charge on any atom is -0.452 e. The Morgan fingerprint density at radius 2 is 1.39 bits per heavy atom. The average Bonchev–Trinajstić information content (AvgIpc) is 3.68. The van der Waals surface area contributed by atoms with Gasteiger partial charge in [-0.15, -0.1) is 34.0 Å². The van der Waals surface area contributed by atoms with Gasteiger partial charge >= 0.3 is 0 Å². The lowest BCUT2D eigenvalue weighted by Crippen LogP contribution is -1.95. The molecule has 0 saturated carbocycles. The first-order valence-corrected chi connectivity index (χ1v) is 16.4. The molecule has 0 aliphatic heterocycles. The van der Waals surface area contributed by atoms with Gasteiger partial charge < -0.3 is 4.42 Å². The van der Waals surface area contributed by atoms with Gasteiger partial charge in [0.05, 0.1) is 18.8 Å². The van der Waals surface area contributed by atoms with Crippen LogP contribution in [0.25, 0.3) is 67.3 Å². The summed E-state index contributed by atoms with van der Waals surface area (Å²) in [5, 5.41) is 2.62. The van der Waals surface area contributed by atoms with Crippen LogP contribution in [0.4, 0.5) is 0 Å². The van der Waals surface area contributed by atoms with Gasteiger partial charge in [-0.2, -0.15) is 0 Å². The van der Waals surface area contributed by atoms with Crippen LogP contribution in [0.5, 0.6) is 0 Å². The van der Waals surface area contributed by atoms with Crippen LogP contribution in [-0.4, -0.2) is 0 Å². The molecule has 200 valence electrons. The Labute approximate surface area is 251 Å². The molecule has 4 aromatic carbocycles. The highest BCUT2D eigenvalue weighted by atomic mass is 32.1. The number of thiophene rings is 3. The number of rotatable bonds is 4. The Kier molecular flexibility index (Phi) is 5.59. The average molecular weight is 585 g/mol. The van der Waals surface area contributed by atoms with Gasteiger partial charge in [0, 0.05) is 20.2 Å². The maximum Gasteiger partial charge on any atom is 0.164 e. The molecule has 0 spiro atoms. The number of fused-ring (bicyclic) bond motifs is 9. The highest BCUT2D eigenvalue weighted by Gasteiger charge is 2.25. The third-order valence-electron chi connectivity index (χ3n) is 8.36. The van der Waals surface area contributed by atoms with Gasteiger partial charge in [-0.1, -0.05) is 72.8 Å². The zero-order valence-electron chi connectivity index (χ0n) is 23.5. The van der Waals surface area contributed by atoms with Gasteiger partial charge in [0.15, 0.2) is 11.2 Å². The summed E-state index contributed by atoms with van der Waals surface area (Å²) in [6, 6.07) is 24.8. The molecule has 0 unspecified atom stereocenters. The molecule has 0 fully saturated rings. The standard InChI is InChI=1S/C37H28OS3/c1-6-23-9-11-24(12-10-23)17-25-18-28(26-13-7-19(2)15-21(26)4)22(5)33-30(25)31-35(40-33)37-32(38-31)36-34(41-37)27-14-8-20(3)16-29(27)39-36/h6-16,18H,1,17H2,2-5H3. The summed E-state index contributed by atoms with van der Waals surface area (Å²) in [5.41, 5.74) is 13.8. The van der Waals surface area contributed by atoms with Crippen LogP contribution in [0.15, 0.2) is 77.7 Å². The largest absolute Gasteiger partial charge is 0.452 e. The van der Waals surface area contributed by atoms with Crippen molar-refractivity contribution in [1.29, 1.82) is 0 Å². The Balaban J connectivity index is 1.42. The van der Waals surface area contributed by atoms with Crippen molar-refractivity contribution in [3.8, 4) is 11.1 Å². The van der Waals surface area contributed by atoms with Gasteiger partial charge in [-0.3, -0.25) is 0 Å². The van der Waals surface area contributed by atoms with Crippen LogP contribution in [-0.2, 0) is 6.42 Å². The predicted octanol–water partition coefficient (Wildman–Crippen LogP) is 12.4. The van der Waals surface area contributed by atoms with Crippen LogP contribution in [0.3, 0.4) is 0 Å². The molecule has 0 N–H and O–H groups in total. The van der Waals surface area contributed by atoms with E-state index in [0.29, 0.717) is 0 Å². The molecule has 0 amide bonds. The Morgan fingerprint density at radius 1 is 0.683 bits per heavy atom. The quantitative estimate of drug-likeness (QED) is 0.200. The number of hydrogen-bond donors (Lipinski definition) is 0. The molecule has 0 aliphatic rings. The molecule has 4 heteroatoms. The number of aryl methyl sites for hydroxylation is 4. The number of furan rings is 1. The zero-order valence-corrected chi connectivity index (χ0v) is 25.9. The van der Waals surface area contributed by atoms with Crippen molar-refractivity contribution in [3.63, 3.8) is 0 Å². The molecule has 8 rings (SSSR count). The maximum absolute atomic E-state index is 6.89. The normalized spacial score (nSPS) is 12.1. The molecule has 0 atom stereocenters. The summed E-state index contributed by atoms with van der Waals surface area (Å²) in [6.45, 7) is 12.8. The van der Waals surface area contributed by atoms with E-state index in [-0.39, 0.29) is 0 Å². The Morgan fingerprint density at radius 3 is 2.17 bits per heavy atom. The van der Waals surface area contributed by atoms with Crippen molar-refractivity contribution in [1.82, 2.24) is 0 Å². The third kappa shape index (κ3) is 3.78. The van der Waals surface area contributed by atoms with E-state index < -0.39 is 0 Å². The smallest absolute Gasteiger partial charge is 0.164 e. The van der Waals surface area contributed by atoms with Crippen molar-refractivity contribution >= 4 is 90.2 Å². The van der Waals surface area contributed by atoms with E-state index in [4.69, 9.17) is 4.42 Å². The monoisotopic (exact) mass is 584 g/mol. The summed E-state index contributed by atoms with van der Waals surface area (Å²) in [6.07, 6.45) is 2.75. The van der Waals surface area contributed by atoms with Crippen molar-refractivity contribution in [3.05, 3.63) is 112 Å². The van der Waals surface area contributed by atoms with Crippen LogP contribution in [0.1, 0.15) is 38.9 Å². The minimum atomic E-state index is 0.851. The Bertz CT molecular complexity index is 2330. The van der Waals surface area contributed by atoms with E-state index in [1.54, 1.807) is 0 Å². The second kappa shape index (κ2) is 9.15. The van der Waals surface area contributed by atoms with Crippen molar-refractivity contribution in [2.75, 3.05) is 0 Å². The summed E-state index contributed by atoms with van der Waals surface area (Å²) < 4.78 is 14.8. The number of benzene rings is 4. The lowest BCUT2D eigenvalue weighted by atomic mass is 9.90. The zero-order chi connectivity index (χ0) is 28.0. The molecule has 41 heavy (non-hydrogen) atoms. The minimum absolute atomic E-state index is 0.851. The summed E-state index contributed by atoms with van der Waals surface area (Å²) in [7, 11) is 0. The summed E-state index contributed by atoms with van der Waals surface area (Å²) >= 11 is 5.67. The highest BCUT2D eigenvalue weighted by Crippen LogP contribution is 2.52. The lowest BCUT2D eigenvalue weighted by molar-refractivity contribution is 0.678. The van der Waals surface area contributed by atoms with E-state index >= 15 is 0 Å². The molecular formula is C37H28OS3. The molecule has 0 saturated heterocycles. The third-order valence-corrected chi connectivity index (χ3v) is 12.3. The van der Waals surface area contributed by atoms with Crippen molar-refractivity contribution in [2.24, 2.45) is 0 Å². The van der Waals surface area contributed by atoms with E-state index in [1.807, 2.05) is 40.1 Å². The highest BCUT2D eigenvalue weighted by molar-refractivity contribution is 7.39. The fourth-order valence-electron chi connectivity index (χ4n) is 6.25. The lowest BCUT2D eigenvalue weighted by Gasteiger charge is -2.15. The van der Waals surface area contributed by atoms with Gasteiger partial charge in [0.2, 0.25) is 0 Å². The van der Waals surface area contributed by atoms with E-state index in [9.17, 15) is 0 Å². The van der Waals surface area contributed by atoms with Crippen molar-refractivity contribution < 1.29 is 4.42 Å². The fraction of sp³-hybridized carbons (Fsp3) is 0.135. The molecule has 4 aromatic heterocycles. The second-order valence-electron chi connectivity index (χ2n) is 11.2. The molecule has 0 bridgehead atoms. The molecule has 0 aliphatic carbocycles. The van der Waals surface area contributed by atoms with Gasteiger partial charge in [0.25, 0.3) is 0 Å². The second-order valence-corrected chi connectivity index (χ2v) is 14.3. The summed E-state index contributed by atoms with van der Waals surface area (Å²) in [4.78, 5) is 0. The SMILES string of the molecule is C=Cc1ccc(Cc2cc(-c3ccc(C)cc3C)c(C)c3sc4c(oc5c6sc7cc(C)ccc7c6sc54)c23)cc1. The van der Waals surface area contributed by atoms with E-state index in [1.165, 1.54) is 83.5 Å². The van der Waals surface area contributed by atoms with Crippen LogP contribution < -0.4 is 0 Å². The fourth-order valence-corrected chi connectivity index (χ4v) is 10.4. The van der Waals surface area contributed by atoms with Crippen LogP contribution in [0.2, 0.25) is 0 Å². The molecule has 4 heterocycles. The van der Waals surface area contributed by atoms with E-state index in [0.717, 1.165) is 23.2 Å². The Hall–Kier alpha value is -3.70. The van der Waals surface area contributed by atoms with Gasteiger partial charge in [0.1, 0.15) is 0 Å². The molecule has 0 radical (unpaired) electrons. The van der Waals surface area contributed by atoms with Crippen LogP contribution in [0, 0.1) is 27.7 Å². The first kappa shape index (κ1) is 25.0.